The first kappa shape index (κ1) is 8.82. The maximum atomic E-state index is 3.49. The van der Waals surface area contributed by atoms with Gasteiger partial charge in [0.2, 0.25) is 0 Å². The number of para-hydroxylation sites is 1. The molecule has 0 saturated carbocycles. The summed E-state index contributed by atoms with van der Waals surface area (Å²) in [5.74, 6) is 0. The molecule has 68 valence electrons. The summed E-state index contributed by atoms with van der Waals surface area (Å²) >= 11 is 3.49. The van der Waals surface area contributed by atoms with E-state index in [-0.39, 0.29) is 5.41 Å². The number of rotatable bonds is 0. The number of fused-ring (bicyclic) bond motifs is 1. The molecule has 0 atom stereocenters. The Morgan fingerprint density at radius 2 is 1.92 bits per heavy atom. The molecule has 0 spiro atoms. The topological polar surface area (TPSA) is 3.24 Å². The second-order valence-corrected chi connectivity index (χ2v) is 4.63. The zero-order chi connectivity index (χ0) is 9.47. The minimum atomic E-state index is 0.140. The van der Waals surface area contributed by atoms with Gasteiger partial charge in [-0.25, -0.2) is 0 Å². The highest BCUT2D eigenvalue weighted by Crippen LogP contribution is 2.38. The normalized spacial score (nSPS) is 18.5. The zero-order valence-corrected chi connectivity index (χ0v) is 9.38. The fourth-order valence-electron chi connectivity index (χ4n) is 1.63. The van der Waals surface area contributed by atoms with E-state index in [4.69, 9.17) is 0 Å². The van der Waals surface area contributed by atoms with Crippen LogP contribution in [0.2, 0.25) is 0 Å². The van der Waals surface area contributed by atoms with Gasteiger partial charge in [0.05, 0.1) is 21.8 Å². The fraction of sp³-hybridized carbons (Fsp3) is 0.273. The Labute approximate surface area is 87.4 Å². The monoisotopic (exact) mass is 237 g/mol. The molecule has 0 amide bonds. The van der Waals surface area contributed by atoms with Crippen LogP contribution in [-0.4, -0.2) is 0 Å². The van der Waals surface area contributed by atoms with Gasteiger partial charge >= 0.3 is 0 Å². The maximum absolute atomic E-state index is 3.49. The van der Waals surface area contributed by atoms with Crippen molar-refractivity contribution < 1.29 is 0 Å². The Morgan fingerprint density at radius 3 is 2.62 bits per heavy atom. The Balaban J connectivity index is 2.61. The quantitative estimate of drug-likeness (QED) is 0.624. The summed E-state index contributed by atoms with van der Waals surface area (Å²) in [5, 5.41) is 0. The van der Waals surface area contributed by atoms with Gasteiger partial charge in [-0.3, -0.25) is 3.93 Å². The molecule has 1 nitrogen and oxygen atoms in total. The number of nitrogens with zero attached hydrogens (tertiary/aromatic N) is 1. The van der Waals surface area contributed by atoms with Crippen molar-refractivity contribution in [2.75, 3.05) is 3.93 Å². The van der Waals surface area contributed by atoms with Crippen LogP contribution in [0.1, 0.15) is 19.4 Å². The molecule has 0 aliphatic carbocycles. The molecule has 1 aliphatic rings. The lowest BCUT2D eigenvalue weighted by molar-refractivity contribution is 0.662. The molecule has 0 bridgehead atoms. The molecular weight excluding hydrogens is 226 g/mol. The lowest BCUT2D eigenvalue weighted by atomic mass is 9.82. The predicted octanol–water partition coefficient (Wildman–Crippen LogP) is 3.61. The second kappa shape index (κ2) is 2.88. The summed E-state index contributed by atoms with van der Waals surface area (Å²) in [6.45, 7) is 4.45. The van der Waals surface area contributed by atoms with Crippen LogP contribution in [0.15, 0.2) is 36.5 Å². The number of halogens is 1. The van der Waals surface area contributed by atoms with E-state index in [1.807, 2.05) is 3.93 Å². The van der Waals surface area contributed by atoms with Crippen molar-refractivity contribution in [2.45, 2.75) is 19.3 Å². The third kappa shape index (κ3) is 1.39. The number of hydrogen-bond acceptors (Lipinski definition) is 1. The van der Waals surface area contributed by atoms with Gasteiger partial charge in [0.1, 0.15) is 0 Å². The molecule has 0 N–H and O–H groups in total. The smallest absolute Gasteiger partial charge is 0.0558 e. The predicted molar refractivity (Wildman–Crippen MR) is 60.0 cm³/mol. The van der Waals surface area contributed by atoms with E-state index in [2.05, 4.69) is 66.5 Å². The van der Waals surface area contributed by atoms with Crippen LogP contribution in [0.5, 0.6) is 0 Å². The van der Waals surface area contributed by atoms with E-state index in [9.17, 15) is 0 Å². The molecule has 1 aromatic carbocycles. The highest BCUT2D eigenvalue weighted by atomic mass is 79.9. The molecule has 1 heterocycles. The van der Waals surface area contributed by atoms with Crippen molar-refractivity contribution in [1.82, 2.24) is 0 Å². The van der Waals surface area contributed by atoms with Crippen molar-refractivity contribution >= 4 is 21.8 Å². The lowest BCUT2D eigenvalue weighted by Crippen LogP contribution is -2.22. The Hall–Kier alpha value is -0.760. The van der Waals surface area contributed by atoms with Gasteiger partial charge in [-0.15, -0.1) is 0 Å². The van der Waals surface area contributed by atoms with Crippen LogP contribution >= 0.6 is 16.1 Å². The maximum Gasteiger partial charge on any atom is 0.0558 e. The van der Waals surface area contributed by atoms with Crippen molar-refractivity contribution in [1.29, 1.82) is 0 Å². The Bertz CT molecular complexity index is 355. The van der Waals surface area contributed by atoms with Gasteiger partial charge in [0, 0.05) is 11.6 Å². The number of allylic oxidation sites excluding steroid dienone is 1. The van der Waals surface area contributed by atoms with E-state index in [1.54, 1.807) is 0 Å². The third-order valence-corrected chi connectivity index (χ3v) is 3.07. The molecule has 1 aliphatic heterocycles. The average Bonchev–Trinajstić information content (AvgIpc) is 2.13. The first-order chi connectivity index (χ1) is 6.11. The van der Waals surface area contributed by atoms with Crippen LogP contribution in [0.25, 0.3) is 0 Å². The first-order valence-corrected chi connectivity index (χ1v) is 5.06. The van der Waals surface area contributed by atoms with Gasteiger partial charge in [-0.2, -0.15) is 0 Å². The lowest BCUT2D eigenvalue weighted by Gasteiger charge is -2.31. The van der Waals surface area contributed by atoms with Crippen LogP contribution in [0.4, 0.5) is 5.69 Å². The molecule has 1 aromatic rings. The molecule has 0 aromatic heterocycles. The van der Waals surface area contributed by atoms with Crippen molar-refractivity contribution in [3.63, 3.8) is 0 Å². The van der Waals surface area contributed by atoms with Crippen LogP contribution in [0.3, 0.4) is 0 Å². The molecule has 0 fully saturated rings. The summed E-state index contributed by atoms with van der Waals surface area (Å²) in [6, 6.07) is 8.44. The van der Waals surface area contributed by atoms with E-state index in [0.29, 0.717) is 0 Å². The highest BCUT2D eigenvalue weighted by molar-refractivity contribution is 9.10. The number of benzene rings is 1. The SMILES string of the molecule is CC1(C)C=CN(Br)c2ccccc21. The van der Waals surface area contributed by atoms with Gasteiger partial charge in [0.15, 0.2) is 0 Å². The molecule has 2 heteroatoms. The fourth-order valence-corrected chi connectivity index (χ4v) is 2.05. The van der Waals surface area contributed by atoms with Crippen LogP contribution < -0.4 is 3.93 Å². The molecule has 2 rings (SSSR count). The molecular formula is C11H12BrN. The van der Waals surface area contributed by atoms with Gasteiger partial charge in [-0.05, 0) is 11.6 Å². The van der Waals surface area contributed by atoms with Crippen molar-refractivity contribution in [2.24, 2.45) is 0 Å². The second-order valence-electron chi connectivity index (χ2n) is 3.87. The Kier molecular flexibility index (Phi) is 1.95. The van der Waals surface area contributed by atoms with Gasteiger partial charge in [-0.1, -0.05) is 38.1 Å². The van der Waals surface area contributed by atoms with Crippen molar-refractivity contribution in [3.05, 3.63) is 42.1 Å². The summed E-state index contributed by atoms with van der Waals surface area (Å²) in [5.41, 5.74) is 2.73. The van der Waals surface area contributed by atoms with E-state index in [0.717, 1.165) is 0 Å². The minimum Gasteiger partial charge on any atom is -0.284 e. The third-order valence-electron chi connectivity index (χ3n) is 2.45. The standard InChI is InChI=1S/C11H12BrN/c1-11(2)7-8-13(12)10-6-4-3-5-9(10)11/h3-8H,1-2H3. The van der Waals surface area contributed by atoms with Crippen LogP contribution in [-0.2, 0) is 5.41 Å². The van der Waals surface area contributed by atoms with E-state index >= 15 is 0 Å². The molecule has 13 heavy (non-hydrogen) atoms. The zero-order valence-electron chi connectivity index (χ0n) is 7.79. The van der Waals surface area contributed by atoms with E-state index < -0.39 is 0 Å². The summed E-state index contributed by atoms with van der Waals surface area (Å²) in [4.78, 5) is 0. The highest BCUT2D eigenvalue weighted by Gasteiger charge is 2.25. The molecule has 0 saturated heterocycles. The van der Waals surface area contributed by atoms with Gasteiger partial charge in [0.25, 0.3) is 0 Å². The number of anilines is 1. The van der Waals surface area contributed by atoms with Crippen molar-refractivity contribution in [3.8, 4) is 0 Å². The molecule has 0 radical (unpaired) electrons. The first-order valence-electron chi connectivity index (χ1n) is 4.35. The largest absolute Gasteiger partial charge is 0.284 e. The number of hydrogen-bond donors (Lipinski definition) is 0. The Morgan fingerprint density at radius 1 is 1.23 bits per heavy atom. The average molecular weight is 238 g/mol. The summed E-state index contributed by atoms with van der Waals surface area (Å²) in [7, 11) is 0. The van der Waals surface area contributed by atoms with Crippen LogP contribution in [0, 0.1) is 0 Å². The van der Waals surface area contributed by atoms with Gasteiger partial charge < -0.3 is 0 Å². The minimum absolute atomic E-state index is 0.140. The summed E-state index contributed by atoms with van der Waals surface area (Å²) in [6.07, 6.45) is 4.26. The molecule has 0 unspecified atom stereocenters. The van der Waals surface area contributed by atoms with E-state index in [1.165, 1.54) is 11.3 Å². The summed E-state index contributed by atoms with van der Waals surface area (Å²) < 4.78 is 1.98.